The average molecular weight is 488 g/mol. The number of rotatable bonds is 9. The molecule has 0 fully saturated rings. The summed E-state index contributed by atoms with van der Waals surface area (Å²) in [6.45, 7) is 6.36. The van der Waals surface area contributed by atoms with Crippen LogP contribution in [0.1, 0.15) is 31.3 Å². The first-order chi connectivity index (χ1) is 17.0. The van der Waals surface area contributed by atoms with Crippen molar-refractivity contribution in [2.75, 3.05) is 11.5 Å². The van der Waals surface area contributed by atoms with Gasteiger partial charge in [0.25, 0.3) is 0 Å². The van der Waals surface area contributed by atoms with E-state index in [0.717, 1.165) is 22.0 Å². The average Bonchev–Trinajstić information content (AvgIpc) is 3.34. The predicted molar refractivity (Wildman–Crippen MR) is 138 cm³/mol. The molecule has 0 atom stereocenters. The van der Waals surface area contributed by atoms with Crippen LogP contribution in [0.15, 0.2) is 72.1 Å². The van der Waals surface area contributed by atoms with Crippen molar-refractivity contribution in [3.05, 3.63) is 88.5 Å². The molecule has 5 nitrogen and oxygen atoms in total. The maximum atomic E-state index is 15.8. The van der Waals surface area contributed by atoms with Gasteiger partial charge in [-0.25, -0.2) is 9.37 Å². The van der Waals surface area contributed by atoms with E-state index in [2.05, 4.69) is 6.07 Å². The molecular formula is C28H26FN3O2S. The van der Waals surface area contributed by atoms with Crippen LogP contribution in [-0.2, 0) is 6.54 Å². The van der Waals surface area contributed by atoms with Crippen LogP contribution in [0.5, 0.6) is 11.5 Å². The number of anilines is 2. The van der Waals surface area contributed by atoms with Gasteiger partial charge in [-0.3, -0.25) is 0 Å². The molecule has 1 heterocycles. The van der Waals surface area contributed by atoms with Gasteiger partial charge in [-0.1, -0.05) is 30.3 Å². The molecule has 3 aromatic carbocycles. The fraction of sp³-hybridized carbons (Fsp3) is 0.214. The summed E-state index contributed by atoms with van der Waals surface area (Å²) in [5, 5.41) is 12.0. The van der Waals surface area contributed by atoms with Gasteiger partial charge < -0.3 is 14.4 Å². The highest BCUT2D eigenvalue weighted by atomic mass is 32.1. The Morgan fingerprint density at radius 3 is 2.49 bits per heavy atom. The lowest BCUT2D eigenvalue weighted by Gasteiger charge is -2.26. The third-order valence-corrected chi connectivity index (χ3v) is 6.01. The van der Waals surface area contributed by atoms with Crippen molar-refractivity contribution < 1.29 is 13.9 Å². The minimum atomic E-state index is -0.480. The van der Waals surface area contributed by atoms with Gasteiger partial charge in [0.15, 0.2) is 11.6 Å². The Morgan fingerprint density at radius 1 is 1.09 bits per heavy atom. The van der Waals surface area contributed by atoms with E-state index in [9.17, 15) is 5.26 Å². The van der Waals surface area contributed by atoms with Crippen LogP contribution in [0.25, 0.3) is 11.3 Å². The fourth-order valence-electron chi connectivity index (χ4n) is 3.64. The SMILES string of the molecule is CCOc1cc(OC(C)C)c(F)c(N(Cc2nc(-c3ccccc3)cs2)c2ccc(C#N)cc2)c1. The zero-order valence-corrected chi connectivity index (χ0v) is 20.7. The first-order valence-corrected chi connectivity index (χ1v) is 12.3. The second-order valence-electron chi connectivity index (χ2n) is 8.09. The summed E-state index contributed by atoms with van der Waals surface area (Å²) in [6, 6.07) is 22.4. The van der Waals surface area contributed by atoms with Crippen molar-refractivity contribution in [2.45, 2.75) is 33.4 Å². The Hall–Kier alpha value is -3.89. The lowest BCUT2D eigenvalue weighted by molar-refractivity contribution is 0.229. The predicted octanol–water partition coefficient (Wildman–Crippen LogP) is 7.35. The minimum absolute atomic E-state index is 0.128. The Kier molecular flexibility index (Phi) is 7.64. The maximum absolute atomic E-state index is 15.8. The minimum Gasteiger partial charge on any atom is -0.494 e. The zero-order chi connectivity index (χ0) is 24.8. The summed E-state index contributed by atoms with van der Waals surface area (Å²) in [5.74, 6) is 0.164. The standard InChI is InChI=1S/C28H26FN3O2S/c1-4-33-23-14-25(28(29)26(15-23)34-19(2)3)32(22-12-10-20(16-30)11-13-22)17-27-31-24(18-35-27)21-8-6-5-7-9-21/h5-15,18-19H,4,17H2,1-3H3. The highest BCUT2D eigenvalue weighted by Crippen LogP contribution is 2.39. The Bertz CT molecular complexity index is 1310. The summed E-state index contributed by atoms with van der Waals surface area (Å²) in [5.41, 5.74) is 3.47. The first-order valence-electron chi connectivity index (χ1n) is 11.4. The fourth-order valence-corrected chi connectivity index (χ4v) is 4.43. The van der Waals surface area contributed by atoms with E-state index in [1.54, 1.807) is 36.4 Å². The molecule has 4 rings (SSSR count). The molecule has 0 aliphatic rings. The van der Waals surface area contributed by atoms with Gasteiger partial charge in [0.1, 0.15) is 10.8 Å². The van der Waals surface area contributed by atoms with Gasteiger partial charge in [-0.05, 0) is 45.0 Å². The van der Waals surface area contributed by atoms with Crippen molar-refractivity contribution in [1.29, 1.82) is 5.26 Å². The van der Waals surface area contributed by atoms with Gasteiger partial charge in [0.05, 0.1) is 42.3 Å². The van der Waals surface area contributed by atoms with Crippen molar-refractivity contribution in [1.82, 2.24) is 4.98 Å². The molecule has 0 spiro atoms. The highest BCUT2D eigenvalue weighted by Gasteiger charge is 2.22. The zero-order valence-electron chi connectivity index (χ0n) is 19.9. The number of thiazole rings is 1. The second-order valence-corrected chi connectivity index (χ2v) is 9.03. The second kappa shape index (κ2) is 11.0. The molecule has 0 saturated carbocycles. The molecule has 0 amide bonds. The molecule has 35 heavy (non-hydrogen) atoms. The molecule has 1 aromatic heterocycles. The lowest BCUT2D eigenvalue weighted by atomic mass is 10.1. The van der Waals surface area contributed by atoms with E-state index in [1.165, 1.54) is 11.3 Å². The molecule has 4 aromatic rings. The molecule has 0 bridgehead atoms. The number of hydrogen-bond donors (Lipinski definition) is 0. The lowest BCUT2D eigenvalue weighted by Crippen LogP contribution is -2.19. The largest absolute Gasteiger partial charge is 0.494 e. The van der Waals surface area contributed by atoms with Crippen LogP contribution < -0.4 is 14.4 Å². The summed E-state index contributed by atoms with van der Waals surface area (Å²) in [4.78, 5) is 6.64. The monoisotopic (exact) mass is 487 g/mol. The van der Waals surface area contributed by atoms with Crippen molar-refractivity contribution >= 4 is 22.7 Å². The van der Waals surface area contributed by atoms with E-state index in [4.69, 9.17) is 14.5 Å². The van der Waals surface area contributed by atoms with E-state index in [0.29, 0.717) is 30.2 Å². The van der Waals surface area contributed by atoms with Crippen LogP contribution >= 0.6 is 11.3 Å². The van der Waals surface area contributed by atoms with Gasteiger partial charge in [-0.2, -0.15) is 5.26 Å². The topological polar surface area (TPSA) is 58.4 Å². The Balaban J connectivity index is 1.79. The molecule has 0 N–H and O–H groups in total. The van der Waals surface area contributed by atoms with Crippen molar-refractivity contribution in [3.63, 3.8) is 0 Å². The van der Waals surface area contributed by atoms with Crippen molar-refractivity contribution in [2.24, 2.45) is 0 Å². The normalized spacial score (nSPS) is 10.7. The summed E-state index contributed by atoms with van der Waals surface area (Å²) >= 11 is 1.51. The number of nitriles is 1. The smallest absolute Gasteiger partial charge is 0.188 e. The molecular weight excluding hydrogens is 461 g/mol. The molecule has 0 aliphatic heterocycles. The van der Waals surface area contributed by atoms with E-state index in [-0.39, 0.29) is 11.9 Å². The third-order valence-electron chi connectivity index (χ3n) is 5.18. The van der Waals surface area contributed by atoms with E-state index < -0.39 is 5.82 Å². The quantitative estimate of drug-likeness (QED) is 0.247. The molecule has 0 radical (unpaired) electrons. The molecule has 0 saturated heterocycles. The first kappa shape index (κ1) is 24.2. The summed E-state index contributed by atoms with van der Waals surface area (Å²) in [6.07, 6.45) is -0.204. The van der Waals surface area contributed by atoms with E-state index >= 15 is 4.39 Å². The van der Waals surface area contributed by atoms with Crippen LogP contribution in [0.4, 0.5) is 15.8 Å². The number of ether oxygens (including phenoxy) is 2. The van der Waals surface area contributed by atoms with Gasteiger partial charge in [0, 0.05) is 28.8 Å². The summed E-state index contributed by atoms with van der Waals surface area (Å²) in [7, 11) is 0. The Labute approximate surface area is 209 Å². The molecule has 178 valence electrons. The Morgan fingerprint density at radius 2 is 1.83 bits per heavy atom. The van der Waals surface area contributed by atoms with Gasteiger partial charge in [-0.15, -0.1) is 11.3 Å². The number of hydrogen-bond acceptors (Lipinski definition) is 6. The maximum Gasteiger partial charge on any atom is 0.188 e. The molecule has 0 unspecified atom stereocenters. The van der Waals surface area contributed by atoms with Crippen LogP contribution in [0.2, 0.25) is 0 Å². The molecule has 7 heteroatoms. The number of nitrogens with zero attached hydrogens (tertiary/aromatic N) is 3. The number of halogens is 1. The van der Waals surface area contributed by atoms with Gasteiger partial charge >= 0.3 is 0 Å². The van der Waals surface area contributed by atoms with E-state index in [1.807, 2.05) is 61.4 Å². The van der Waals surface area contributed by atoms with Crippen LogP contribution in [0, 0.1) is 17.1 Å². The van der Waals surface area contributed by atoms with Crippen molar-refractivity contribution in [3.8, 4) is 28.8 Å². The number of benzene rings is 3. The molecule has 0 aliphatic carbocycles. The third kappa shape index (κ3) is 5.79. The van der Waals surface area contributed by atoms with Crippen LogP contribution in [-0.4, -0.2) is 17.7 Å². The van der Waals surface area contributed by atoms with Gasteiger partial charge in [0.2, 0.25) is 0 Å². The van der Waals surface area contributed by atoms with Crippen LogP contribution in [0.3, 0.4) is 0 Å². The summed E-state index contributed by atoms with van der Waals surface area (Å²) < 4.78 is 27.3. The highest BCUT2D eigenvalue weighted by molar-refractivity contribution is 7.10. The number of aromatic nitrogens is 1.